The van der Waals surface area contributed by atoms with Crippen molar-refractivity contribution in [2.45, 2.75) is 19.4 Å². The van der Waals surface area contributed by atoms with E-state index in [0.717, 1.165) is 31.5 Å². The number of carbonyl (C=O) groups excluding carboxylic acids is 1. The lowest BCUT2D eigenvalue weighted by molar-refractivity contribution is 0.0786. The Labute approximate surface area is 161 Å². The smallest absolute Gasteiger partial charge is 0.274 e. The van der Waals surface area contributed by atoms with E-state index in [1.807, 2.05) is 24.3 Å². The Bertz CT molecular complexity index is 953. The Kier molecular flexibility index (Phi) is 5.02. The third-order valence-corrected chi connectivity index (χ3v) is 4.73. The first-order valence-electron chi connectivity index (χ1n) is 8.76. The van der Waals surface area contributed by atoms with Crippen LogP contribution in [-0.4, -0.2) is 39.0 Å². The second-order valence-corrected chi connectivity index (χ2v) is 6.71. The van der Waals surface area contributed by atoms with Gasteiger partial charge in [-0.3, -0.25) is 9.78 Å². The van der Waals surface area contributed by atoms with Crippen LogP contribution in [0.15, 0.2) is 47.2 Å². The third-order valence-electron chi connectivity index (χ3n) is 4.40. The lowest BCUT2D eigenvalue weighted by Crippen LogP contribution is -2.28. The van der Waals surface area contributed by atoms with Gasteiger partial charge in [0.05, 0.1) is 24.0 Å². The molecule has 3 heterocycles. The van der Waals surface area contributed by atoms with Crippen LogP contribution in [-0.2, 0) is 6.54 Å². The molecule has 3 aromatic rings. The molecule has 1 amide bonds. The van der Waals surface area contributed by atoms with Crippen molar-refractivity contribution in [1.82, 2.24) is 20.0 Å². The van der Waals surface area contributed by atoms with E-state index in [-0.39, 0.29) is 5.91 Å². The van der Waals surface area contributed by atoms with Gasteiger partial charge in [-0.2, -0.15) is 0 Å². The van der Waals surface area contributed by atoms with Gasteiger partial charge in [-0.05, 0) is 25.0 Å². The first-order chi connectivity index (χ1) is 13.2. The summed E-state index contributed by atoms with van der Waals surface area (Å²) in [5.74, 6) is 1.04. The van der Waals surface area contributed by atoms with Crippen LogP contribution in [0.1, 0.15) is 29.0 Å². The highest BCUT2D eigenvalue weighted by molar-refractivity contribution is 6.33. The van der Waals surface area contributed by atoms with Gasteiger partial charge in [0.15, 0.2) is 5.76 Å². The summed E-state index contributed by atoms with van der Waals surface area (Å²) in [6, 6.07) is 9.25. The van der Waals surface area contributed by atoms with Crippen molar-refractivity contribution < 1.29 is 9.32 Å². The number of likely N-dealkylation sites (tertiary alicyclic amines) is 1. The van der Waals surface area contributed by atoms with Crippen LogP contribution in [0.4, 0.5) is 5.82 Å². The first-order valence-corrected chi connectivity index (χ1v) is 9.14. The standard InChI is InChI=1S/C19H18ClN5O2/c20-15-6-2-1-5-14(15)17-9-13(24-27-17)10-22-18-12-21-11-16(23-18)19(26)25-7-3-4-8-25/h1-2,5-6,9,11-12H,3-4,7-8,10H2,(H,22,23). The number of carbonyl (C=O) groups is 1. The number of nitrogens with zero attached hydrogens (tertiary/aromatic N) is 4. The second kappa shape index (κ2) is 7.75. The van der Waals surface area contributed by atoms with Gasteiger partial charge >= 0.3 is 0 Å². The molecular weight excluding hydrogens is 366 g/mol. The Morgan fingerprint density at radius 3 is 2.85 bits per heavy atom. The maximum Gasteiger partial charge on any atom is 0.274 e. The summed E-state index contributed by atoms with van der Waals surface area (Å²) >= 11 is 6.18. The van der Waals surface area contributed by atoms with E-state index in [1.165, 1.54) is 6.20 Å². The Hall–Kier alpha value is -2.93. The number of hydrogen-bond acceptors (Lipinski definition) is 6. The van der Waals surface area contributed by atoms with Gasteiger partial charge in [-0.1, -0.05) is 28.9 Å². The van der Waals surface area contributed by atoms with Crippen LogP contribution in [0.3, 0.4) is 0 Å². The highest BCUT2D eigenvalue weighted by Gasteiger charge is 2.21. The van der Waals surface area contributed by atoms with E-state index in [9.17, 15) is 4.79 Å². The van der Waals surface area contributed by atoms with Crippen LogP contribution >= 0.6 is 11.6 Å². The zero-order valence-electron chi connectivity index (χ0n) is 14.6. The maximum atomic E-state index is 12.4. The maximum absolute atomic E-state index is 12.4. The van der Waals surface area contributed by atoms with Gasteiger partial charge in [0, 0.05) is 24.7 Å². The average molecular weight is 384 g/mol. The fourth-order valence-electron chi connectivity index (χ4n) is 3.00. The Morgan fingerprint density at radius 1 is 1.22 bits per heavy atom. The Balaban J connectivity index is 1.43. The van der Waals surface area contributed by atoms with Crippen molar-refractivity contribution in [2.24, 2.45) is 0 Å². The van der Waals surface area contributed by atoms with Crippen molar-refractivity contribution in [3.8, 4) is 11.3 Å². The van der Waals surface area contributed by atoms with Gasteiger partial charge < -0.3 is 14.7 Å². The lowest BCUT2D eigenvalue weighted by atomic mass is 10.1. The SMILES string of the molecule is O=C(c1cncc(NCc2cc(-c3ccccc3Cl)on2)n1)N1CCCC1. The lowest BCUT2D eigenvalue weighted by Gasteiger charge is -2.14. The molecule has 0 radical (unpaired) electrons. The van der Waals surface area contributed by atoms with Crippen molar-refractivity contribution in [3.63, 3.8) is 0 Å². The van der Waals surface area contributed by atoms with Crippen molar-refractivity contribution >= 4 is 23.3 Å². The molecule has 0 saturated carbocycles. The molecule has 0 aliphatic carbocycles. The molecule has 0 bridgehead atoms. The highest BCUT2D eigenvalue weighted by Crippen LogP contribution is 2.28. The molecule has 1 saturated heterocycles. The van der Waals surface area contributed by atoms with Crippen LogP contribution in [0.5, 0.6) is 0 Å². The largest absolute Gasteiger partial charge is 0.363 e. The van der Waals surface area contributed by atoms with Crippen LogP contribution in [0.2, 0.25) is 5.02 Å². The number of nitrogens with one attached hydrogen (secondary N) is 1. The monoisotopic (exact) mass is 383 g/mol. The molecule has 138 valence electrons. The van der Waals surface area contributed by atoms with E-state index in [1.54, 1.807) is 17.2 Å². The van der Waals surface area contributed by atoms with Gasteiger partial charge in [0.2, 0.25) is 0 Å². The normalized spacial score (nSPS) is 13.7. The summed E-state index contributed by atoms with van der Waals surface area (Å²) in [5.41, 5.74) is 1.83. The van der Waals surface area contributed by atoms with E-state index in [4.69, 9.17) is 16.1 Å². The number of rotatable bonds is 5. The Morgan fingerprint density at radius 2 is 2.04 bits per heavy atom. The predicted molar refractivity (Wildman–Crippen MR) is 101 cm³/mol. The van der Waals surface area contributed by atoms with Gasteiger partial charge in [0.25, 0.3) is 5.91 Å². The first kappa shape index (κ1) is 17.5. The van der Waals surface area contributed by atoms with Crippen LogP contribution in [0, 0.1) is 0 Å². The number of hydrogen-bond donors (Lipinski definition) is 1. The van der Waals surface area contributed by atoms with Crippen LogP contribution < -0.4 is 5.32 Å². The molecule has 1 aromatic carbocycles. The minimum atomic E-state index is -0.0777. The number of amides is 1. The van der Waals surface area contributed by atoms with Crippen molar-refractivity contribution in [3.05, 3.63) is 59.1 Å². The molecule has 0 unspecified atom stereocenters. The number of anilines is 1. The topological polar surface area (TPSA) is 84.2 Å². The molecule has 1 aliphatic rings. The van der Waals surface area contributed by atoms with Crippen molar-refractivity contribution in [1.29, 1.82) is 0 Å². The molecule has 1 aliphatic heterocycles. The fourth-order valence-corrected chi connectivity index (χ4v) is 3.23. The minimum absolute atomic E-state index is 0.0777. The highest BCUT2D eigenvalue weighted by atomic mass is 35.5. The molecule has 0 spiro atoms. The van der Waals surface area contributed by atoms with Crippen molar-refractivity contribution in [2.75, 3.05) is 18.4 Å². The summed E-state index contributed by atoms with van der Waals surface area (Å²) in [5, 5.41) is 7.78. The van der Waals surface area contributed by atoms with Crippen LogP contribution in [0.25, 0.3) is 11.3 Å². The van der Waals surface area contributed by atoms with E-state index >= 15 is 0 Å². The summed E-state index contributed by atoms with van der Waals surface area (Å²) < 4.78 is 5.38. The molecule has 1 N–H and O–H groups in total. The summed E-state index contributed by atoms with van der Waals surface area (Å²) in [6.45, 7) is 1.95. The number of aromatic nitrogens is 3. The average Bonchev–Trinajstić information content (AvgIpc) is 3.39. The molecule has 7 nitrogen and oxygen atoms in total. The molecule has 4 rings (SSSR count). The fraction of sp³-hybridized carbons (Fsp3) is 0.263. The number of benzene rings is 1. The summed E-state index contributed by atoms with van der Waals surface area (Å²) in [6.07, 6.45) is 5.15. The molecule has 8 heteroatoms. The zero-order valence-corrected chi connectivity index (χ0v) is 15.3. The molecule has 1 fully saturated rings. The molecular formula is C19H18ClN5O2. The quantitative estimate of drug-likeness (QED) is 0.724. The minimum Gasteiger partial charge on any atom is -0.363 e. The molecule has 27 heavy (non-hydrogen) atoms. The second-order valence-electron chi connectivity index (χ2n) is 6.30. The summed E-state index contributed by atoms with van der Waals surface area (Å²) in [4.78, 5) is 22.7. The predicted octanol–water partition coefficient (Wildman–Crippen LogP) is 3.63. The van der Waals surface area contributed by atoms with Gasteiger partial charge in [-0.15, -0.1) is 0 Å². The van der Waals surface area contributed by atoms with Gasteiger partial charge in [-0.25, -0.2) is 4.98 Å². The molecule has 2 aromatic heterocycles. The molecule has 0 atom stereocenters. The third kappa shape index (κ3) is 3.93. The van der Waals surface area contributed by atoms with E-state index in [2.05, 4.69) is 20.4 Å². The van der Waals surface area contributed by atoms with E-state index in [0.29, 0.717) is 34.5 Å². The van der Waals surface area contributed by atoms with Gasteiger partial charge in [0.1, 0.15) is 17.2 Å². The van der Waals surface area contributed by atoms with E-state index < -0.39 is 0 Å². The zero-order chi connectivity index (χ0) is 18.6. The number of halogens is 1. The summed E-state index contributed by atoms with van der Waals surface area (Å²) in [7, 11) is 0.